The van der Waals surface area contributed by atoms with Crippen LogP contribution in [0, 0.1) is 5.82 Å². The van der Waals surface area contributed by atoms with Gasteiger partial charge in [-0.15, -0.1) is 0 Å². The van der Waals surface area contributed by atoms with E-state index in [1.807, 2.05) is 0 Å². The van der Waals surface area contributed by atoms with Gasteiger partial charge in [0, 0.05) is 10.6 Å². The first-order valence-electron chi connectivity index (χ1n) is 6.26. The maximum Gasteiger partial charge on any atom is 0.148 e. The van der Waals surface area contributed by atoms with Gasteiger partial charge in [0.15, 0.2) is 0 Å². The highest BCUT2D eigenvalue weighted by Gasteiger charge is 2.13. The van der Waals surface area contributed by atoms with Crippen molar-refractivity contribution in [1.29, 1.82) is 0 Å². The molecule has 0 spiro atoms. The van der Waals surface area contributed by atoms with Crippen molar-refractivity contribution in [3.05, 3.63) is 62.3 Å². The summed E-state index contributed by atoms with van der Waals surface area (Å²) in [6.45, 7) is 0.448. The monoisotopic (exact) mass is 347 g/mol. The first-order valence-corrected chi connectivity index (χ1v) is 7.40. The van der Waals surface area contributed by atoms with Crippen LogP contribution in [0.1, 0.15) is 11.1 Å². The SMILES string of the molecule is NCCc1cc(Cl)cc(Cl)c1OCc1cccc(Cl)c1F. The van der Waals surface area contributed by atoms with Crippen molar-refractivity contribution in [1.82, 2.24) is 0 Å². The molecule has 0 bridgehead atoms. The molecule has 2 aromatic rings. The molecule has 0 aromatic heterocycles. The molecule has 0 atom stereocenters. The first-order chi connectivity index (χ1) is 10.0. The van der Waals surface area contributed by atoms with E-state index in [9.17, 15) is 4.39 Å². The van der Waals surface area contributed by atoms with E-state index in [0.717, 1.165) is 5.56 Å². The molecule has 0 saturated heterocycles. The summed E-state index contributed by atoms with van der Waals surface area (Å²) in [5.74, 6) is -0.0319. The summed E-state index contributed by atoms with van der Waals surface area (Å²) in [5.41, 5.74) is 6.70. The lowest BCUT2D eigenvalue weighted by Crippen LogP contribution is -2.06. The Bertz CT molecular complexity index is 649. The van der Waals surface area contributed by atoms with E-state index in [1.54, 1.807) is 24.3 Å². The standard InChI is InChI=1S/C15H13Cl3FNO/c16-11-6-9(4-5-20)15(13(18)7-11)21-8-10-2-1-3-12(17)14(10)19/h1-3,6-7H,4-5,8,20H2. The predicted molar refractivity (Wildman–Crippen MR) is 85.0 cm³/mol. The molecule has 6 heteroatoms. The normalized spacial score (nSPS) is 10.7. The van der Waals surface area contributed by atoms with Crippen LogP contribution in [-0.2, 0) is 13.0 Å². The van der Waals surface area contributed by atoms with Crippen molar-refractivity contribution in [3.63, 3.8) is 0 Å². The van der Waals surface area contributed by atoms with Crippen molar-refractivity contribution < 1.29 is 9.13 Å². The number of nitrogens with two attached hydrogens (primary N) is 1. The minimum absolute atomic E-state index is 0.0192. The summed E-state index contributed by atoms with van der Waals surface area (Å²) in [4.78, 5) is 0. The van der Waals surface area contributed by atoms with E-state index >= 15 is 0 Å². The molecule has 2 rings (SSSR count). The summed E-state index contributed by atoms with van der Waals surface area (Å²) >= 11 is 17.8. The Kier molecular flexibility index (Phi) is 5.71. The van der Waals surface area contributed by atoms with Gasteiger partial charge in [0.05, 0.1) is 10.0 Å². The summed E-state index contributed by atoms with van der Waals surface area (Å²) in [6.07, 6.45) is 0.563. The zero-order chi connectivity index (χ0) is 15.4. The Labute approximate surface area is 137 Å². The quantitative estimate of drug-likeness (QED) is 0.837. The van der Waals surface area contributed by atoms with Crippen LogP contribution in [0.5, 0.6) is 5.75 Å². The number of hydrogen-bond donors (Lipinski definition) is 1. The summed E-state index contributed by atoms with van der Waals surface area (Å²) in [5, 5.41) is 0.929. The van der Waals surface area contributed by atoms with Gasteiger partial charge in [-0.2, -0.15) is 0 Å². The van der Waals surface area contributed by atoms with Gasteiger partial charge in [-0.05, 0) is 36.7 Å². The number of hydrogen-bond acceptors (Lipinski definition) is 2. The molecule has 0 amide bonds. The zero-order valence-corrected chi connectivity index (χ0v) is 13.3. The fourth-order valence-electron chi connectivity index (χ4n) is 1.93. The average molecular weight is 349 g/mol. The highest BCUT2D eigenvalue weighted by molar-refractivity contribution is 6.35. The van der Waals surface area contributed by atoms with Crippen molar-refractivity contribution in [2.75, 3.05) is 6.54 Å². The number of rotatable bonds is 5. The second-order valence-electron chi connectivity index (χ2n) is 4.42. The van der Waals surface area contributed by atoms with Crippen LogP contribution >= 0.6 is 34.8 Å². The van der Waals surface area contributed by atoms with Gasteiger partial charge in [0.1, 0.15) is 18.2 Å². The maximum absolute atomic E-state index is 13.8. The van der Waals surface area contributed by atoms with Gasteiger partial charge in [0.25, 0.3) is 0 Å². The Morgan fingerprint density at radius 3 is 2.52 bits per heavy atom. The van der Waals surface area contributed by atoms with Gasteiger partial charge in [-0.1, -0.05) is 46.9 Å². The Morgan fingerprint density at radius 2 is 1.81 bits per heavy atom. The lowest BCUT2D eigenvalue weighted by molar-refractivity contribution is 0.297. The number of benzene rings is 2. The highest BCUT2D eigenvalue weighted by atomic mass is 35.5. The molecule has 0 heterocycles. The third-order valence-corrected chi connectivity index (χ3v) is 3.69. The van der Waals surface area contributed by atoms with Crippen LogP contribution < -0.4 is 10.5 Å². The van der Waals surface area contributed by atoms with E-state index in [-0.39, 0.29) is 11.6 Å². The molecular formula is C15H13Cl3FNO. The fourth-order valence-corrected chi connectivity index (χ4v) is 2.71. The van der Waals surface area contributed by atoms with Crippen LogP contribution in [0.4, 0.5) is 4.39 Å². The number of halogens is 4. The van der Waals surface area contributed by atoms with Crippen LogP contribution in [0.2, 0.25) is 15.1 Å². The van der Waals surface area contributed by atoms with E-state index < -0.39 is 5.82 Å². The van der Waals surface area contributed by atoms with Gasteiger partial charge in [0.2, 0.25) is 0 Å². The van der Waals surface area contributed by atoms with Crippen molar-refractivity contribution in [3.8, 4) is 5.75 Å². The van der Waals surface area contributed by atoms with Crippen LogP contribution in [0.3, 0.4) is 0 Å². The minimum Gasteiger partial charge on any atom is -0.487 e. The van der Waals surface area contributed by atoms with Crippen molar-refractivity contribution >= 4 is 34.8 Å². The molecule has 0 aliphatic rings. The number of ether oxygens (including phenoxy) is 1. The third kappa shape index (κ3) is 4.01. The smallest absolute Gasteiger partial charge is 0.148 e. The molecule has 0 fully saturated rings. The van der Waals surface area contributed by atoms with E-state index in [1.165, 1.54) is 6.07 Å². The molecule has 0 saturated carbocycles. The Balaban J connectivity index is 2.25. The molecule has 2 N–H and O–H groups in total. The largest absolute Gasteiger partial charge is 0.487 e. The van der Waals surface area contributed by atoms with E-state index in [4.69, 9.17) is 45.3 Å². The summed E-state index contributed by atoms with van der Waals surface area (Å²) < 4.78 is 19.5. The topological polar surface area (TPSA) is 35.2 Å². The molecule has 0 unspecified atom stereocenters. The van der Waals surface area contributed by atoms with Gasteiger partial charge >= 0.3 is 0 Å². The van der Waals surface area contributed by atoms with E-state index in [2.05, 4.69) is 0 Å². The van der Waals surface area contributed by atoms with Crippen molar-refractivity contribution in [2.45, 2.75) is 13.0 Å². The molecule has 0 aliphatic carbocycles. The van der Waals surface area contributed by atoms with Gasteiger partial charge in [-0.25, -0.2) is 4.39 Å². The molecule has 2 aromatic carbocycles. The van der Waals surface area contributed by atoms with Gasteiger partial charge in [-0.3, -0.25) is 0 Å². The van der Waals surface area contributed by atoms with Crippen LogP contribution in [0.15, 0.2) is 30.3 Å². The molecule has 0 radical (unpaired) electrons. The molecule has 21 heavy (non-hydrogen) atoms. The summed E-state index contributed by atoms with van der Waals surface area (Å²) in [6, 6.07) is 8.06. The van der Waals surface area contributed by atoms with Crippen LogP contribution in [0.25, 0.3) is 0 Å². The predicted octanol–water partition coefficient (Wildman–Crippen LogP) is 4.87. The Morgan fingerprint density at radius 1 is 1.05 bits per heavy atom. The summed E-state index contributed by atoms with van der Waals surface area (Å²) in [7, 11) is 0. The van der Waals surface area contributed by atoms with Crippen molar-refractivity contribution in [2.24, 2.45) is 5.73 Å². The fraction of sp³-hybridized carbons (Fsp3) is 0.200. The molecule has 2 nitrogen and oxygen atoms in total. The van der Waals surface area contributed by atoms with Crippen LogP contribution in [-0.4, -0.2) is 6.54 Å². The average Bonchev–Trinajstić information content (AvgIpc) is 2.42. The Hall–Kier alpha value is -1.00. The first kappa shape index (κ1) is 16.4. The molecule has 112 valence electrons. The van der Waals surface area contributed by atoms with E-state index in [0.29, 0.717) is 34.3 Å². The second kappa shape index (κ2) is 7.32. The lowest BCUT2D eigenvalue weighted by Gasteiger charge is -2.14. The molecule has 0 aliphatic heterocycles. The third-order valence-electron chi connectivity index (χ3n) is 2.90. The van der Waals surface area contributed by atoms with Gasteiger partial charge < -0.3 is 10.5 Å². The zero-order valence-electron chi connectivity index (χ0n) is 11.0. The maximum atomic E-state index is 13.8. The lowest BCUT2D eigenvalue weighted by atomic mass is 10.1. The highest BCUT2D eigenvalue weighted by Crippen LogP contribution is 2.33. The second-order valence-corrected chi connectivity index (χ2v) is 5.67. The molecular weight excluding hydrogens is 336 g/mol. The minimum atomic E-state index is -0.496.